The number of hydrogen-bond donors (Lipinski definition) is 2. The lowest BCUT2D eigenvalue weighted by molar-refractivity contribution is -0.138. The molecule has 2 N–H and O–H groups in total. The smallest absolute Gasteiger partial charge is 0.303 e. The Morgan fingerprint density at radius 2 is 1.17 bits per heavy atom. The zero-order valence-corrected chi connectivity index (χ0v) is 14.2. The minimum absolute atomic E-state index is 0.00272. The molecule has 0 aromatic carbocycles. The highest BCUT2D eigenvalue weighted by atomic mass is 16.4. The fraction of sp³-hybridized carbons (Fsp3) is 0.750. The van der Waals surface area contributed by atoms with Gasteiger partial charge in [-0.05, 0) is 25.7 Å². The SMILES string of the molecule is CCCC(C#N)(CCC(=O)O)/N=N/C(C#N)(CCC)CCC(=O)O. The highest BCUT2D eigenvalue weighted by Crippen LogP contribution is 2.30. The van der Waals surface area contributed by atoms with Crippen molar-refractivity contribution < 1.29 is 19.8 Å². The van der Waals surface area contributed by atoms with Crippen molar-refractivity contribution in [3.63, 3.8) is 0 Å². The summed E-state index contributed by atoms with van der Waals surface area (Å²) in [6.07, 6.45) is 1.42. The summed E-state index contributed by atoms with van der Waals surface area (Å²) in [6, 6.07) is 4.05. The summed E-state index contributed by atoms with van der Waals surface area (Å²) in [7, 11) is 0. The molecule has 0 heterocycles. The molecule has 8 nitrogen and oxygen atoms in total. The third-order valence-corrected chi connectivity index (χ3v) is 3.68. The Morgan fingerprint density at radius 1 is 0.833 bits per heavy atom. The number of carbonyl (C=O) groups is 2. The number of azo groups is 1. The maximum Gasteiger partial charge on any atom is 0.303 e. The van der Waals surface area contributed by atoms with Crippen LogP contribution in [-0.4, -0.2) is 33.2 Å². The third kappa shape index (κ3) is 7.19. The van der Waals surface area contributed by atoms with Gasteiger partial charge in [-0.15, -0.1) is 0 Å². The van der Waals surface area contributed by atoms with E-state index in [0.717, 1.165) is 0 Å². The Morgan fingerprint density at radius 3 is 1.38 bits per heavy atom. The zero-order valence-electron chi connectivity index (χ0n) is 14.2. The van der Waals surface area contributed by atoms with E-state index in [2.05, 4.69) is 10.2 Å². The molecule has 0 spiro atoms. The molecule has 0 aliphatic rings. The molecule has 24 heavy (non-hydrogen) atoms. The van der Waals surface area contributed by atoms with Gasteiger partial charge in [-0.1, -0.05) is 26.7 Å². The predicted octanol–water partition coefficient (Wildman–Crippen LogP) is 3.29. The molecule has 0 aromatic rings. The molecule has 0 aliphatic carbocycles. The van der Waals surface area contributed by atoms with Crippen LogP contribution in [0.2, 0.25) is 0 Å². The highest BCUT2D eigenvalue weighted by Gasteiger charge is 2.34. The zero-order chi connectivity index (χ0) is 18.6. The molecule has 0 aromatic heterocycles. The average molecular weight is 336 g/mol. The quantitative estimate of drug-likeness (QED) is 0.522. The molecule has 0 saturated carbocycles. The topological polar surface area (TPSA) is 147 Å². The minimum atomic E-state index is -1.30. The Kier molecular flexibility index (Phi) is 9.26. The maximum absolute atomic E-state index is 10.8. The van der Waals surface area contributed by atoms with Crippen LogP contribution < -0.4 is 0 Å². The van der Waals surface area contributed by atoms with Crippen molar-refractivity contribution >= 4 is 11.9 Å². The molecule has 2 atom stereocenters. The van der Waals surface area contributed by atoms with Crippen LogP contribution in [0.4, 0.5) is 0 Å². The van der Waals surface area contributed by atoms with Crippen molar-refractivity contribution in [2.24, 2.45) is 10.2 Å². The van der Waals surface area contributed by atoms with Crippen molar-refractivity contribution in [2.75, 3.05) is 0 Å². The summed E-state index contributed by atoms with van der Waals surface area (Å²) < 4.78 is 0. The molecule has 0 aliphatic heterocycles. The van der Waals surface area contributed by atoms with E-state index in [1.807, 2.05) is 26.0 Å². The van der Waals surface area contributed by atoms with Gasteiger partial charge in [-0.3, -0.25) is 9.59 Å². The first kappa shape index (κ1) is 21.5. The van der Waals surface area contributed by atoms with Crippen molar-refractivity contribution in [1.29, 1.82) is 10.5 Å². The van der Waals surface area contributed by atoms with Gasteiger partial charge in [0.25, 0.3) is 0 Å². The van der Waals surface area contributed by atoms with Crippen LogP contribution in [0, 0.1) is 22.7 Å². The predicted molar refractivity (Wildman–Crippen MR) is 85.1 cm³/mol. The van der Waals surface area contributed by atoms with Crippen LogP contribution in [0.1, 0.15) is 65.2 Å². The standard InChI is InChI=1S/C16H24N4O4/c1-3-7-15(11-17,9-5-13(21)22)19-20-16(12-18,8-4-2)10-6-14(23)24/h3-10H2,1-2H3,(H,21,22)(H,23,24)/b20-19+. The summed E-state index contributed by atoms with van der Waals surface area (Å²) in [6.45, 7) is 3.69. The third-order valence-electron chi connectivity index (χ3n) is 3.68. The fourth-order valence-electron chi connectivity index (χ4n) is 2.36. The highest BCUT2D eigenvalue weighted by molar-refractivity contribution is 5.67. The minimum Gasteiger partial charge on any atom is -0.481 e. The van der Waals surface area contributed by atoms with E-state index in [0.29, 0.717) is 25.7 Å². The van der Waals surface area contributed by atoms with Gasteiger partial charge < -0.3 is 10.2 Å². The Balaban J connectivity index is 5.55. The number of nitriles is 2. The van der Waals surface area contributed by atoms with Gasteiger partial charge in [0, 0.05) is 12.8 Å². The van der Waals surface area contributed by atoms with Gasteiger partial charge in [0.15, 0.2) is 11.1 Å². The summed E-state index contributed by atoms with van der Waals surface area (Å²) in [5, 5.41) is 44.7. The Hall–Kier alpha value is -2.48. The number of carboxylic acids is 2. The first-order valence-electron chi connectivity index (χ1n) is 7.99. The van der Waals surface area contributed by atoms with Crippen molar-refractivity contribution in [3.8, 4) is 12.1 Å². The second-order valence-corrected chi connectivity index (χ2v) is 5.77. The Bertz CT molecular complexity index is 501. The van der Waals surface area contributed by atoms with Crippen LogP contribution in [0.3, 0.4) is 0 Å². The molecular weight excluding hydrogens is 312 g/mol. The molecule has 132 valence electrons. The second-order valence-electron chi connectivity index (χ2n) is 5.77. The van der Waals surface area contributed by atoms with E-state index in [1.54, 1.807) is 0 Å². The van der Waals surface area contributed by atoms with E-state index in [9.17, 15) is 20.1 Å². The lowest BCUT2D eigenvalue weighted by Crippen LogP contribution is -2.29. The van der Waals surface area contributed by atoms with Crippen LogP contribution in [0.15, 0.2) is 10.2 Å². The normalized spacial score (nSPS) is 15.8. The summed E-state index contributed by atoms with van der Waals surface area (Å²) >= 11 is 0. The maximum atomic E-state index is 10.8. The van der Waals surface area contributed by atoms with Crippen LogP contribution in [0.5, 0.6) is 0 Å². The van der Waals surface area contributed by atoms with Gasteiger partial charge in [-0.2, -0.15) is 20.8 Å². The van der Waals surface area contributed by atoms with Gasteiger partial charge in [0.1, 0.15) is 0 Å². The van der Waals surface area contributed by atoms with E-state index in [1.165, 1.54) is 0 Å². The first-order chi connectivity index (χ1) is 11.3. The molecule has 8 heteroatoms. The molecule has 0 rings (SSSR count). The summed E-state index contributed by atoms with van der Waals surface area (Å²) in [5.74, 6) is -2.07. The molecule has 0 radical (unpaired) electrons. The van der Waals surface area contributed by atoms with Crippen molar-refractivity contribution in [3.05, 3.63) is 0 Å². The number of hydrogen-bond acceptors (Lipinski definition) is 6. The van der Waals surface area contributed by atoms with Gasteiger partial charge in [0.2, 0.25) is 0 Å². The van der Waals surface area contributed by atoms with Gasteiger partial charge in [0.05, 0.1) is 12.1 Å². The van der Waals surface area contributed by atoms with Gasteiger partial charge in [-0.25, -0.2) is 0 Å². The number of rotatable bonds is 12. The monoisotopic (exact) mass is 336 g/mol. The van der Waals surface area contributed by atoms with E-state index in [-0.39, 0.29) is 25.7 Å². The van der Waals surface area contributed by atoms with Crippen LogP contribution >= 0.6 is 0 Å². The first-order valence-corrected chi connectivity index (χ1v) is 7.99. The average Bonchev–Trinajstić information content (AvgIpc) is 2.55. The summed E-state index contributed by atoms with van der Waals surface area (Å²) in [4.78, 5) is 21.6. The Labute approximate surface area is 141 Å². The van der Waals surface area contributed by atoms with Crippen LogP contribution in [-0.2, 0) is 9.59 Å². The fourth-order valence-corrected chi connectivity index (χ4v) is 2.36. The number of aliphatic carboxylic acids is 2. The molecule has 0 fully saturated rings. The largest absolute Gasteiger partial charge is 0.481 e. The number of nitrogens with zero attached hydrogens (tertiary/aromatic N) is 4. The molecule has 0 saturated heterocycles. The van der Waals surface area contributed by atoms with E-state index in [4.69, 9.17) is 10.2 Å². The second kappa shape index (κ2) is 10.3. The van der Waals surface area contributed by atoms with Crippen molar-refractivity contribution in [1.82, 2.24) is 0 Å². The molecule has 2 unspecified atom stereocenters. The van der Waals surface area contributed by atoms with Crippen LogP contribution in [0.25, 0.3) is 0 Å². The lowest BCUT2D eigenvalue weighted by atomic mass is 9.89. The van der Waals surface area contributed by atoms with Crippen molar-refractivity contribution in [2.45, 2.75) is 76.3 Å². The molecular formula is C16H24N4O4. The summed E-state index contributed by atoms with van der Waals surface area (Å²) in [5.41, 5.74) is -2.60. The van der Waals surface area contributed by atoms with Gasteiger partial charge >= 0.3 is 11.9 Å². The lowest BCUT2D eigenvalue weighted by Gasteiger charge is -2.24. The molecule has 0 bridgehead atoms. The van der Waals surface area contributed by atoms with E-state index >= 15 is 0 Å². The number of carboxylic acid groups (broad SMARTS) is 2. The molecule has 0 amide bonds. The van der Waals surface area contributed by atoms with E-state index < -0.39 is 23.0 Å².